The van der Waals surface area contributed by atoms with Crippen molar-refractivity contribution in [1.82, 2.24) is 0 Å². The fourth-order valence-electron chi connectivity index (χ4n) is 3.34. The first-order valence-electron chi connectivity index (χ1n) is 8.59. The molecular formula is C22H25N. The number of hydrogen-bond acceptors (Lipinski definition) is 1. The van der Waals surface area contributed by atoms with Crippen molar-refractivity contribution in [2.75, 3.05) is 6.54 Å². The number of fused-ring (bicyclic) bond motifs is 1. The van der Waals surface area contributed by atoms with Gasteiger partial charge in [-0.05, 0) is 54.2 Å². The van der Waals surface area contributed by atoms with E-state index in [1.54, 1.807) is 0 Å². The van der Waals surface area contributed by atoms with Gasteiger partial charge in [-0.1, -0.05) is 61.4 Å². The molecule has 0 bridgehead atoms. The number of benzene rings is 2. The Morgan fingerprint density at radius 1 is 1.09 bits per heavy atom. The predicted octanol–water partition coefficient (Wildman–Crippen LogP) is 6.18. The number of nitrogens with zero attached hydrogens (tertiary/aromatic N) is 1. The predicted molar refractivity (Wildman–Crippen MR) is 102 cm³/mol. The molecular weight excluding hydrogens is 278 g/mol. The van der Waals surface area contributed by atoms with E-state index in [2.05, 4.69) is 69.5 Å². The van der Waals surface area contributed by atoms with Crippen LogP contribution in [0.5, 0.6) is 0 Å². The minimum absolute atomic E-state index is 0.911. The molecule has 0 amide bonds. The molecule has 0 saturated heterocycles. The third-order valence-corrected chi connectivity index (χ3v) is 4.55. The summed E-state index contributed by atoms with van der Waals surface area (Å²) in [4.78, 5) is 4.69. The molecule has 2 aromatic rings. The second-order valence-corrected chi connectivity index (χ2v) is 6.47. The summed E-state index contributed by atoms with van der Waals surface area (Å²) in [6.07, 6.45) is 7.80. The zero-order valence-electron chi connectivity index (χ0n) is 14.4. The molecule has 0 radical (unpaired) electrons. The lowest BCUT2D eigenvalue weighted by molar-refractivity contribution is 0.810. The Morgan fingerprint density at radius 3 is 2.65 bits per heavy atom. The van der Waals surface area contributed by atoms with Crippen LogP contribution in [-0.2, 0) is 0 Å². The third-order valence-electron chi connectivity index (χ3n) is 4.55. The molecule has 0 atom stereocenters. The summed E-state index contributed by atoms with van der Waals surface area (Å²) in [5, 5.41) is 2.59. The van der Waals surface area contributed by atoms with Gasteiger partial charge in [-0.15, -0.1) is 0 Å². The van der Waals surface area contributed by atoms with Crippen LogP contribution in [0.4, 0.5) is 0 Å². The van der Waals surface area contributed by atoms with E-state index in [0.717, 1.165) is 19.4 Å². The molecule has 23 heavy (non-hydrogen) atoms. The lowest BCUT2D eigenvalue weighted by atomic mass is 9.92. The zero-order chi connectivity index (χ0) is 16.2. The average molecular weight is 303 g/mol. The van der Waals surface area contributed by atoms with E-state index in [-0.39, 0.29) is 0 Å². The van der Waals surface area contributed by atoms with Crippen LogP contribution < -0.4 is 0 Å². The van der Waals surface area contributed by atoms with Gasteiger partial charge < -0.3 is 0 Å². The van der Waals surface area contributed by atoms with Gasteiger partial charge in [-0.2, -0.15) is 0 Å². The highest BCUT2D eigenvalue weighted by atomic mass is 14.7. The van der Waals surface area contributed by atoms with Crippen molar-refractivity contribution < 1.29 is 0 Å². The lowest BCUT2D eigenvalue weighted by Crippen LogP contribution is -1.96. The summed E-state index contributed by atoms with van der Waals surface area (Å²) in [6, 6.07) is 13.1. The SMILES string of the molecule is CCCC/N=C/c1c(C2=C(C)C=C(C)C2)ccc2ccccc12. The van der Waals surface area contributed by atoms with Gasteiger partial charge in [0.15, 0.2) is 0 Å². The van der Waals surface area contributed by atoms with Gasteiger partial charge in [0.2, 0.25) is 0 Å². The van der Waals surface area contributed by atoms with Gasteiger partial charge in [0.1, 0.15) is 0 Å². The van der Waals surface area contributed by atoms with Gasteiger partial charge in [0, 0.05) is 18.3 Å². The normalized spacial score (nSPS) is 15.0. The van der Waals surface area contributed by atoms with Crippen LogP contribution in [-0.4, -0.2) is 12.8 Å². The third kappa shape index (κ3) is 3.29. The van der Waals surface area contributed by atoms with Crippen molar-refractivity contribution in [2.45, 2.75) is 40.0 Å². The van der Waals surface area contributed by atoms with Crippen molar-refractivity contribution in [3.05, 3.63) is 64.7 Å². The second-order valence-electron chi connectivity index (χ2n) is 6.47. The summed E-state index contributed by atoms with van der Waals surface area (Å²) >= 11 is 0. The molecule has 1 aliphatic carbocycles. The molecule has 0 heterocycles. The van der Waals surface area contributed by atoms with Gasteiger partial charge in [-0.25, -0.2) is 0 Å². The van der Waals surface area contributed by atoms with Crippen LogP contribution >= 0.6 is 0 Å². The van der Waals surface area contributed by atoms with Crippen LogP contribution in [0.2, 0.25) is 0 Å². The highest BCUT2D eigenvalue weighted by Gasteiger charge is 2.16. The van der Waals surface area contributed by atoms with E-state index in [1.165, 1.54) is 45.0 Å². The van der Waals surface area contributed by atoms with E-state index < -0.39 is 0 Å². The van der Waals surface area contributed by atoms with E-state index in [1.807, 2.05) is 0 Å². The summed E-state index contributed by atoms with van der Waals surface area (Å²) in [5.74, 6) is 0. The first kappa shape index (κ1) is 15.7. The average Bonchev–Trinajstić information content (AvgIpc) is 2.89. The molecule has 0 aromatic heterocycles. The second kappa shape index (κ2) is 6.95. The van der Waals surface area contributed by atoms with Crippen molar-refractivity contribution >= 4 is 22.6 Å². The molecule has 0 aliphatic heterocycles. The van der Waals surface area contributed by atoms with Crippen LogP contribution in [0.3, 0.4) is 0 Å². The van der Waals surface area contributed by atoms with E-state index in [4.69, 9.17) is 4.99 Å². The monoisotopic (exact) mass is 303 g/mol. The largest absolute Gasteiger partial charge is 0.293 e. The summed E-state index contributed by atoms with van der Waals surface area (Å²) < 4.78 is 0. The molecule has 0 saturated carbocycles. The van der Waals surface area contributed by atoms with Crippen LogP contribution in [0.1, 0.15) is 51.2 Å². The van der Waals surface area contributed by atoms with E-state index in [0.29, 0.717) is 0 Å². The van der Waals surface area contributed by atoms with Crippen molar-refractivity contribution in [3.63, 3.8) is 0 Å². The van der Waals surface area contributed by atoms with E-state index in [9.17, 15) is 0 Å². The number of allylic oxidation sites excluding steroid dienone is 4. The first-order chi connectivity index (χ1) is 11.2. The van der Waals surface area contributed by atoms with Gasteiger partial charge in [0.05, 0.1) is 0 Å². The van der Waals surface area contributed by atoms with Crippen LogP contribution in [0.25, 0.3) is 16.3 Å². The molecule has 118 valence electrons. The Hall–Kier alpha value is -2.15. The Bertz CT molecular complexity index is 806. The molecule has 1 heteroatoms. The molecule has 1 aliphatic rings. The number of rotatable bonds is 5. The maximum Gasteiger partial charge on any atom is 0.0389 e. The van der Waals surface area contributed by atoms with E-state index >= 15 is 0 Å². The van der Waals surface area contributed by atoms with Crippen LogP contribution in [0.15, 0.2) is 58.6 Å². The van der Waals surface area contributed by atoms with Crippen molar-refractivity contribution in [2.24, 2.45) is 4.99 Å². The van der Waals surface area contributed by atoms with Gasteiger partial charge >= 0.3 is 0 Å². The number of unbranched alkanes of at least 4 members (excludes halogenated alkanes) is 1. The molecule has 2 aromatic carbocycles. The zero-order valence-corrected chi connectivity index (χ0v) is 14.4. The Labute approximate surface area is 139 Å². The topological polar surface area (TPSA) is 12.4 Å². The summed E-state index contributed by atoms with van der Waals surface area (Å²) in [7, 11) is 0. The highest BCUT2D eigenvalue weighted by molar-refractivity contribution is 6.05. The summed E-state index contributed by atoms with van der Waals surface area (Å²) in [6.45, 7) is 7.56. The fraction of sp³-hybridized carbons (Fsp3) is 0.318. The molecule has 1 nitrogen and oxygen atoms in total. The molecule has 0 spiro atoms. The van der Waals surface area contributed by atoms with Crippen molar-refractivity contribution in [3.8, 4) is 0 Å². The summed E-state index contributed by atoms with van der Waals surface area (Å²) in [5.41, 5.74) is 6.90. The Kier molecular flexibility index (Phi) is 4.76. The molecule has 3 rings (SSSR count). The standard InChI is InChI=1S/C22H25N/c1-4-5-12-23-15-22-19-9-7-6-8-18(19)10-11-20(22)21-14-16(2)13-17(21)3/h6-11,13,15H,4-5,12,14H2,1-3H3/b23-15+. The molecule has 0 fully saturated rings. The first-order valence-corrected chi connectivity index (χ1v) is 8.59. The minimum atomic E-state index is 0.911. The number of aliphatic imine (C=N–C) groups is 1. The minimum Gasteiger partial charge on any atom is -0.293 e. The lowest BCUT2D eigenvalue weighted by Gasteiger charge is -2.13. The molecule has 0 N–H and O–H groups in total. The Morgan fingerprint density at radius 2 is 1.91 bits per heavy atom. The quantitative estimate of drug-likeness (QED) is 0.462. The fourth-order valence-corrected chi connectivity index (χ4v) is 3.34. The molecule has 0 unspecified atom stereocenters. The van der Waals surface area contributed by atoms with Gasteiger partial charge in [0.25, 0.3) is 0 Å². The van der Waals surface area contributed by atoms with Gasteiger partial charge in [-0.3, -0.25) is 4.99 Å². The van der Waals surface area contributed by atoms with Crippen LogP contribution in [0, 0.1) is 0 Å². The maximum absolute atomic E-state index is 4.69. The smallest absolute Gasteiger partial charge is 0.0389 e. The van der Waals surface area contributed by atoms with Crippen molar-refractivity contribution in [1.29, 1.82) is 0 Å². The maximum atomic E-state index is 4.69. The highest BCUT2D eigenvalue weighted by Crippen LogP contribution is 2.36. The Balaban J connectivity index is 2.10. The number of hydrogen-bond donors (Lipinski definition) is 0.